The zero-order chi connectivity index (χ0) is 16.0. The molecule has 0 radical (unpaired) electrons. The van der Waals surface area contributed by atoms with E-state index in [4.69, 9.17) is 4.74 Å². The van der Waals surface area contributed by atoms with Crippen LogP contribution in [0.25, 0.3) is 0 Å². The molecule has 21 heavy (non-hydrogen) atoms. The van der Waals surface area contributed by atoms with Gasteiger partial charge in [0.05, 0.1) is 17.8 Å². The van der Waals surface area contributed by atoms with Gasteiger partial charge < -0.3 is 14.8 Å². The molecule has 0 spiro atoms. The highest BCUT2D eigenvalue weighted by atomic mass is 32.1. The number of nitrogens with zero attached hydrogens (tertiary/aromatic N) is 1. The molecule has 1 N–H and O–H groups in total. The van der Waals surface area contributed by atoms with Crippen molar-refractivity contribution < 1.29 is 19.1 Å². The summed E-state index contributed by atoms with van der Waals surface area (Å²) in [6, 6.07) is -0.718. The number of nitrogens with one attached hydrogen (secondary N) is 1. The van der Waals surface area contributed by atoms with Gasteiger partial charge in [-0.25, -0.2) is 14.6 Å². The van der Waals surface area contributed by atoms with Crippen molar-refractivity contribution in [1.29, 1.82) is 0 Å². The first kappa shape index (κ1) is 17.4. The van der Waals surface area contributed by atoms with Crippen molar-refractivity contribution in [2.45, 2.75) is 46.3 Å². The van der Waals surface area contributed by atoms with Crippen molar-refractivity contribution in [3.05, 3.63) is 16.1 Å². The molecule has 0 aliphatic rings. The van der Waals surface area contributed by atoms with E-state index in [9.17, 15) is 9.59 Å². The Balaban J connectivity index is 2.50. The second kappa shape index (κ2) is 7.97. The fourth-order valence-corrected chi connectivity index (χ4v) is 2.41. The molecule has 1 aromatic heterocycles. The van der Waals surface area contributed by atoms with Gasteiger partial charge in [0, 0.05) is 11.3 Å². The summed E-state index contributed by atoms with van der Waals surface area (Å²) in [5, 5.41) is 5.37. The fraction of sp³-hybridized carbons (Fsp3) is 0.643. The van der Waals surface area contributed by atoms with E-state index in [1.807, 2.05) is 19.2 Å². The summed E-state index contributed by atoms with van der Waals surface area (Å²) < 4.78 is 9.73. The number of rotatable bonds is 6. The Labute approximate surface area is 128 Å². The highest BCUT2D eigenvalue weighted by Gasteiger charge is 2.25. The van der Waals surface area contributed by atoms with Crippen LogP contribution in [0.1, 0.15) is 44.3 Å². The van der Waals surface area contributed by atoms with Crippen LogP contribution < -0.4 is 5.32 Å². The van der Waals surface area contributed by atoms with Crippen LogP contribution >= 0.6 is 11.3 Å². The number of thiazole rings is 1. The van der Waals surface area contributed by atoms with Gasteiger partial charge in [0.25, 0.3) is 0 Å². The maximum Gasteiger partial charge on any atom is 0.408 e. The van der Waals surface area contributed by atoms with E-state index in [0.717, 1.165) is 5.01 Å². The third-order valence-corrected chi connectivity index (χ3v) is 4.00. The van der Waals surface area contributed by atoms with Crippen molar-refractivity contribution in [3.8, 4) is 0 Å². The van der Waals surface area contributed by atoms with Gasteiger partial charge in [-0.2, -0.15) is 0 Å². The smallest absolute Gasteiger partial charge is 0.408 e. The molecule has 0 aliphatic carbocycles. The van der Waals surface area contributed by atoms with Crippen molar-refractivity contribution in [1.82, 2.24) is 10.3 Å². The summed E-state index contributed by atoms with van der Waals surface area (Å²) in [6.45, 7) is 7.83. The number of hydrogen-bond donors (Lipinski definition) is 1. The molecule has 1 heterocycles. The molecule has 1 amide bonds. The van der Waals surface area contributed by atoms with E-state index in [1.54, 1.807) is 0 Å². The van der Waals surface area contributed by atoms with Crippen molar-refractivity contribution in [2.75, 3.05) is 7.11 Å². The van der Waals surface area contributed by atoms with Crippen LogP contribution in [-0.2, 0) is 20.9 Å². The Bertz CT molecular complexity index is 485. The lowest BCUT2D eigenvalue weighted by molar-refractivity contribution is -0.144. The molecule has 1 unspecified atom stereocenters. The maximum atomic E-state index is 11.7. The van der Waals surface area contributed by atoms with E-state index in [0.29, 0.717) is 11.6 Å². The summed E-state index contributed by atoms with van der Waals surface area (Å²) in [5.41, 5.74) is 0.706. The van der Waals surface area contributed by atoms with E-state index in [1.165, 1.54) is 18.4 Å². The zero-order valence-electron chi connectivity index (χ0n) is 13.0. The van der Waals surface area contributed by atoms with Crippen LogP contribution in [0.2, 0.25) is 0 Å². The van der Waals surface area contributed by atoms with Crippen molar-refractivity contribution in [3.63, 3.8) is 0 Å². The van der Waals surface area contributed by atoms with Crippen LogP contribution in [0.3, 0.4) is 0 Å². The molecule has 0 saturated heterocycles. The summed E-state index contributed by atoms with van der Waals surface area (Å²) in [7, 11) is 1.29. The van der Waals surface area contributed by atoms with E-state index >= 15 is 0 Å². The average molecular weight is 314 g/mol. The Morgan fingerprint density at radius 3 is 2.48 bits per heavy atom. The number of carbonyl (C=O) groups excluding carboxylic acids is 2. The molecular formula is C14H22N2O4S. The van der Waals surface area contributed by atoms with Crippen LogP contribution in [0, 0.1) is 5.92 Å². The number of hydrogen-bond acceptors (Lipinski definition) is 6. The quantitative estimate of drug-likeness (QED) is 0.817. The number of carbonyl (C=O) groups is 2. The monoisotopic (exact) mass is 314 g/mol. The first-order chi connectivity index (χ1) is 9.85. The Hall–Kier alpha value is -1.63. The molecule has 0 aliphatic heterocycles. The van der Waals surface area contributed by atoms with Gasteiger partial charge in [-0.1, -0.05) is 27.7 Å². The predicted octanol–water partition coefficient (Wildman–Crippen LogP) is 2.69. The predicted molar refractivity (Wildman–Crippen MR) is 80.2 cm³/mol. The largest absolute Gasteiger partial charge is 0.467 e. The molecular weight excluding hydrogens is 292 g/mol. The van der Waals surface area contributed by atoms with Gasteiger partial charge in [0.1, 0.15) is 12.6 Å². The summed E-state index contributed by atoms with van der Waals surface area (Å²) in [5.74, 6) is -0.225. The lowest BCUT2D eigenvalue weighted by Crippen LogP contribution is -2.45. The normalized spacial score (nSPS) is 12.3. The Morgan fingerprint density at radius 1 is 1.33 bits per heavy atom. The first-order valence-corrected chi connectivity index (χ1v) is 7.68. The number of methoxy groups -OCH3 is 1. The third kappa shape index (κ3) is 5.34. The first-order valence-electron chi connectivity index (χ1n) is 6.80. The van der Waals surface area contributed by atoms with E-state index in [2.05, 4.69) is 28.9 Å². The van der Waals surface area contributed by atoms with E-state index in [-0.39, 0.29) is 12.5 Å². The highest BCUT2D eigenvalue weighted by molar-refractivity contribution is 7.09. The molecule has 1 atom stereocenters. The SMILES string of the molecule is COC(=O)C(NC(=O)OCc1csc(C(C)C)n1)C(C)C. The topological polar surface area (TPSA) is 77.5 Å². The van der Waals surface area contributed by atoms with Crippen LogP contribution in [-0.4, -0.2) is 30.2 Å². The maximum absolute atomic E-state index is 11.7. The van der Waals surface area contributed by atoms with Gasteiger partial charge in [0.2, 0.25) is 0 Å². The molecule has 7 heteroatoms. The molecule has 1 rings (SSSR count). The number of ether oxygens (including phenoxy) is 2. The molecule has 1 aromatic rings. The molecule has 0 fully saturated rings. The Kier molecular flexibility index (Phi) is 6.61. The summed E-state index contributed by atoms with van der Waals surface area (Å²) >= 11 is 1.54. The second-order valence-corrected chi connectivity index (χ2v) is 6.19. The minimum absolute atomic E-state index is 0.0844. The summed E-state index contributed by atoms with van der Waals surface area (Å²) in [6.07, 6.45) is -0.654. The van der Waals surface area contributed by atoms with Crippen molar-refractivity contribution in [2.24, 2.45) is 5.92 Å². The number of aromatic nitrogens is 1. The van der Waals surface area contributed by atoms with Crippen LogP contribution in [0.4, 0.5) is 4.79 Å². The number of amides is 1. The molecule has 6 nitrogen and oxygen atoms in total. The van der Waals surface area contributed by atoms with Gasteiger partial charge in [0.15, 0.2) is 0 Å². The molecule has 118 valence electrons. The lowest BCUT2D eigenvalue weighted by Gasteiger charge is -2.19. The van der Waals surface area contributed by atoms with Crippen LogP contribution in [0.15, 0.2) is 5.38 Å². The van der Waals surface area contributed by atoms with Gasteiger partial charge >= 0.3 is 12.1 Å². The van der Waals surface area contributed by atoms with Gasteiger partial charge in [-0.15, -0.1) is 11.3 Å². The fourth-order valence-electron chi connectivity index (χ4n) is 1.59. The van der Waals surface area contributed by atoms with Crippen molar-refractivity contribution >= 4 is 23.4 Å². The molecule has 0 bridgehead atoms. The Morgan fingerprint density at radius 2 is 2.00 bits per heavy atom. The summed E-state index contributed by atoms with van der Waals surface area (Å²) in [4.78, 5) is 27.6. The van der Waals surface area contributed by atoms with Crippen LogP contribution in [0.5, 0.6) is 0 Å². The highest BCUT2D eigenvalue weighted by Crippen LogP contribution is 2.19. The lowest BCUT2D eigenvalue weighted by atomic mass is 10.1. The average Bonchev–Trinajstić information content (AvgIpc) is 2.90. The number of esters is 1. The standard InChI is InChI=1S/C14H22N2O4S/c1-8(2)11(13(17)19-5)16-14(18)20-6-10-7-21-12(15-10)9(3)4/h7-9,11H,6H2,1-5H3,(H,16,18). The molecule has 0 saturated carbocycles. The minimum atomic E-state index is -0.718. The van der Waals surface area contributed by atoms with Gasteiger partial charge in [-0.05, 0) is 5.92 Å². The van der Waals surface area contributed by atoms with E-state index < -0.39 is 18.1 Å². The molecule has 0 aromatic carbocycles. The number of alkyl carbamates (subject to hydrolysis) is 1. The minimum Gasteiger partial charge on any atom is -0.467 e. The zero-order valence-corrected chi connectivity index (χ0v) is 13.8. The second-order valence-electron chi connectivity index (χ2n) is 5.30. The third-order valence-electron chi connectivity index (χ3n) is 2.81. The van der Waals surface area contributed by atoms with Gasteiger partial charge in [-0.3, -0.25) is 0 Å².